The van der Waals surface area contributed by atoms with Gasteiger partial charge in [-0.3, -0.25) is 4.79 Å². The minimum atomic E-state index is -1.61. The molecular weight excluding hydrogens is 192 g/mol. The van der Waals surface area contributed by atoms with Gasteiger partial charge in [0.2, 0.25) is 0 Å². The molecule has 0 bridgehead atoms. The second-order valence-corrected chi connectivity index (χ2v) is 2.68. The van der Waals surface area contributed by atoms with Crippen LogP contribution in [-0.2, 0) is 4.79 Å². The molecule has 0 saturated heterocycles. The molecule has 0 saturated carbocycles. The van der Waals surface area contributed by atoms with Crippen LogP contribution in [0.15, 0.2) is 18.2 Å². The molecule has 76 valence electrons. The number of nitrogens with one attached hydrogen (secondary N) is 1. The normalized spacial score (nSPS) is 12.3. The van der Waals surface area contributed by atoms with Gasteiger partial charge in [-0.1, -0.05) is 6.07 Å². The topological polar surface area (TPSA) is 49.3 Å². The van der Waals surface area contributed by atoms with Crippen molar-refractivity contribution in [3.05, 3.63) is 35.4 Å². The van der Waals surface area contributed by atoms with Crippen molar-refractivity contribution in [2.45, 2.75) is 6.10 Å². The van der Waals surface area contributed by atoms with Gasteiger partial charge in [-0.2, -0.15) is 0 Å². The van der Waals surface area contributed by atoms with Gasteiger partial charge in [0.05, 0.1) is 0 Å². The van der Waals surface area contributed by atoms with Gasteiger partial charge < -0.3 is 10.4 Å². The van der Waals surface area contributed by atoms with Crippen LogP contribution in [0.4, 0.5) is 8.78 Å². The summed E-state index contributed by atoms with van der Waals surface area (Å²) in [6, 6.07) is 2.62. The second kappa shape index (κ2) is 4.15. The van der Waals surface area contributed by atoms with E-state index in [1.54, 1.807) is 0 Å². The van der Waals surface area contributed by atoms with E-state index in [0.29, 0.717) is 6.07 Å². The first-order valence-electron chi connectivity index (χ1n) is 3.91. The fraction of sp³-hybridized carbons (Fsp3) is 0.222. The molecule has 1 amide bonds. The Hall–Kier alpha value is -1.49. The number of rotatable bonds is 2. The van der Waals surface area contributed by atoms with Gasteiger partial charge in [-0.25, -0.2) is 8.78 Å². The van der Waals surface area contributed by atoms with E-state index in [-0.39, 0.29) is 5.56 Å². The number of carbonyl (C=O) groups is 1. The van der Waals surface area contributed by atoms with Gasteiger partial charge in [0.15, 0.2) is 6.10 Å². The van der Waals surface area contributed by atoms with Crippen molar-refractivity contribution < 1.29 is 18.7 Å². The molecular formula is C9H9F2NO2. The molecule has 1 atom stereocenters. The van der Waals surface area contributed by atoms with E-state index in [1.807, 2.05) is 0 Å². The van der Waals surface area contributed by atoms with Gasteiger partial charge >= 0.3 is 0 Å². The lowest BCUT2D eigenvalue weighted by Gasteiger charge is -2.09. The minimum Gasteiger partial charge on any atom is -0.378 e. The van der Waals surface area contributed by atoms with Crippen molar-refractivity contribution in [3.63, 3.8) is 0 Å². The average Bonchev–Trinajstić information content (AvgIpc) is 2.15. The summed E-state index contributed by atoms with van der Waals surface area (Å²) in [5, 5.41) is 11.4. The van der Waals surface area contributed by atoms with Crippen LogP contribution >= 0.6 is 0 Å². The minimum absolute atomic E-state index is 0.245. The Labute approximate surface area is 79.4 Å². The number of benzene rings is 1. The summed E-state index contributed by atoms with van der Waals surface area (Å²) in [5.74, 6) is -2.44. The number of amides is 1. The molecule has 5 heteroatoms. The molecule has 0 radical (unpaired) electrons. The van der Waals surface area contributed by atoms with E-state index >= 15 is 0 Å². The highest BCUT2D eigenvalue weighted by atomic mass is 19.1. The molecule has 0 heterocycles. The smallest absolute Gasteiger partial charge is 0.253 e. The van der Waals surface area contributed by atoms with E-state index < -0.39 is 23.6 Å². The third-order valence-corrected chi connectivity index (χ3v) is 1.75. The lowest BCUT2D eigenvalue weighted by atomic mass is 10.1. The number of aliphatic hydroxyl groups is 1. The SMILES string of the molecule is CNC(=O)C(O)c1ccc(F)cc1F. The maximum absolute atomic E-state index is 13.0. The quantitative estimate of drug-likeness (QED) is 0.741. The molecule has 1 aromatic rings. The zero-order chi connectivity index (χ0) is 10.7. The van der Waals surface area contributed by atoms with E-state index in [2.05, 4.69) is 5.32 Å². The Bertz CT molecular complexity index is 355. The maximum Gasteiger partial charge on any atom is 0.253 e. The molecule has 0 aliphatic heterocycles. The molecule has 3 nitrogen and oxygen atoms in total. The molecule has 14 heavy (non-hydrogen) atoms. The van der Waals surface area contributed by atoms with Crippen molar-refractivity contribution in [2.75, 3.05) is 7.05 Å². The number of hydrogen-bond donors (Lipinski definition) is 2. The third kappa shape index (κ3) is 2.05. The molecule has 0 fully saturated rings. The van der Waals surface area contributed by atoms with Gasteiger partial charge in [-0.15, -0.1) is 0 Å². The van der Waals surface area contributed by atoms with Crippen LogP contribution in [0.1, 0.15) is 11.7 Å². The Morgan fingerprint density at radius 2 is 2.14 bits per heavy atom. The molecule has 1 rings (SSSR count). The van der Waals surface area contributed by atoms with Crippen molar-refractivity contribution >= 4 is 5.91 Å². The lowest BCUT2D eigenvalue weighted by Crippen LogP contribution is -2.26. The van der Waals surface area contributed by atoms with E-state index in [1.165, 1.54) is 7.05 Å². The summed E-state index contributed by atoms with van der Waals surface area (Å²) in [7, 11) is 1.31. The Morgan fingerprint density at radius 1 is 1.50 bits per heavy atom. The molecule has 0 aliphatic rings. The van der Waals surface area contributed by atoms with Crippen molar-refractivity contribution in [1.82, 2.24) is 5.32 Å². The van der Waals surface area contributed by atoms with Gasteiger partial charge in [0, 0.05) is 18.7 Å². The van der Waals surface area contributed by atoms with Gasteiger partial charge in [-0.05, 0) is 6.07 Å². The summed E-state index contributed by atoms with van der Waals surface area (Å²) in [5.41, 5.74) is -0.245. The first-order valence-corrected chi connectivity index (χ1v) is 3.91. The zero-order valence-corrected chi connectivity index (χ0v) is 7.42. The summed E-state index contributed by atoms with van der Waals surface area (Å²) < 4.78 is 25.5. The van der Waals surface area contributed by atoms with Gasteiger partial charge in [0.1, 0.15) is 11.6 Å². The summed E-state index contributed by atoms with van der Waals surface area (Å²) in [6.07, 6.45) is -1.61. The number of halogens is 2. The molecule has 2 N–H and O–H groups in total. The first kappa shape index (κ1) is 10.6. The molecule has 0 aliphatic carbocycles. The molecule has 0 spiro atoms. The van der Waals surface area contributed by atoms with Crippen LogP contribution in [0.3, 0.4) is 0 Å². The summed E-state index contributed by atoms with van der Waals surface area (Å²) in [6.45, 7) is 0. The predicted octanol–water partition coefficient (Wildman–Crippen LogP) is 0.744. The summed E-state index contributed by atoms with van der Waals surface area (Å²) >= 11 is 0. The first-order chi connectivity index (χ1) is 6.56. The Morgan fingerprint density at radius 3 is 2.64 bits per heavy atom. The van der Waals surface area contributed by atoms with Crippen LogP contribution in [0.5, 0.6) is 0 Å². The average molecular weight is 201 g/mol. The van der Waals surface area contributed by atoms with Crippen molar-refractivity contribution in [3.8, 4) is 0 Å². The predicted molar refractivity (Wildman–Crippen MR) is 45.4 cm³/mol. The number of aliphatic hydroxyl groups excluding tert-OH is 1. The van der Waals surface area contributed by atoms with Crippen LogP contribution < -0.4 is 5.32 Å². The molecule has 0 aromatic heterocycles. The number of carbonyl (C=O) groups excluding carboxylic acids is 1. The van der Waals surface area contributed by atoms with Crippen molar-refractivity contribution in [1.29, 1.82) is 0 Å². The zero-order valence-electron chi connectivity index (χ0n) is 7.42. The summed E-state index contributed by atoms with van der Waals surface area (Å²) in [4.78, 5) is 10.9. The highest BCUT2D eigenvalue weighted by molar-refractivity contribution is 5.81. The van der Waals surface area contributed by atoms with Gasteiger partial charge in [0.25, 0.3) is 5.91 Å². The van der Waals surface area contributed by atoms with Crippen LogP contribution in [0.25, 0.3) is 0 Å². The second-order valence-electron chi connectivity index (χ2n) is 2.68. The van der Waals surface area contributed by atoms with E-state index in [9.17, 15) is 18.7 Å². The fourth-order valence-corrected chi connectivity index (χ4v) is 1.00. The molecule has 1 aromatic carbocycles. The van der Waals surface area contributed by atoms with Crippen LogP contribution in [0.2, 0.25) is 0 Å². The van der Waals surface area contributed by atoms with Crippen molar-refractivity contribution in [2.24, 2.45) is 0 Å². The highest BCUT2D eigenvalue weighted by Gasteiger charge is 2.19. The monoisotopic (exact) mass is 201 g/mol. The standard InChI is InChI=1S/C9H9F2NO2/c1-12-9(14)8(13)6-3-2-5(10)4-7(6)11/h2-4,8,13H,1H3,(H,12,14). The third-order valence-electron chi connectivity index (χ3n) is 1.75. The Balaban J connectivity index is 3.01. The maximum atomic E-state index is 13.0. The van der Waals surface area contributed by atoms with Crippen LogP contribution in [-0.4, -0.2) is 18.1 Å². The fourth-order valence-electron chi connectivity index (χ4n) is 1.00. The van der Waals surface area contributed by atoms with Crippen LogP contribution in [0, 0.1) is 11.6 Å². The largest absolute Gasteiger partial charge is 0.378 e. The number of likely N-dealkylation sites (N-methyl/N-ethyl adjacent to an activating group) is 1. The number of hydrogen-bond acceptors (Lipinski definition) is 2. The Kier molecular flexibility index (Phi) is 3.14. The van der Waals surface area contributed by atoms with E-state index in [0.717, 1.165) is 12.1 Å². The molecule has 1 unspecified atom stereocenters. The van der Waals surface area contributed by atoms with E-state index in [4.69, 9.17) is 0 Å². The lowest BCUT2D eigenvalue weighted by molar-refractivity contribution is -0.129. The highest BCUT2D eigenvalue weighted by Crippen LogP contribution is 2.17.